The Bertz CT molecular complexity index is 444. The molecule has 1 aromatic carbocycles. The molecule has 2 N–H and O–H groups in total. The summed E-state index contributed by atoms with van der Waals surface area (Å²) in [5.41, 5.74) is 0.954. The Morgan fingerprint density at radius 2 is 2.30 bits per heavy atom. The van der Waals surface area contributed by atoms with E-state index in [1.54, 1.807) is 12.0 Å². The third kappa shape index (κ3) is 3.49. The van der Waals surface area contributed by atoms with E-state index in [0.717, 1.165) is 30.7 Å². The molecule has 1 aliphatic heterocycles. The lowest BCUT2D eigenvalue weighted by Gasteiger charge is -2.25. The number of carbonyl (C=O) groups excluding carboxylic acids is 1. The van der Waals surface area contributed by atoms with Crippen LogP contribution in [0.2, 0.25) is 0 Å². The maximum Gasteiger partial charge on any atom is 0.240 e. The Labute approximate surface area is 119 Å². The number of aliphatic hydroxyl groups is 1. The van der Waals surface area contributed by atoms with Crippen LogP contribution in [-0.2, 0) is 11.3 Å². The Kier molecular flexibility index (Phi) is 5.38. The second-order valence-corrected chi connectivity index (χ2v) is 4.94. The standard InChI is InChI=1S/C15H22N2O3/c1-20-14-7-3-2-5-12(14)11-17(9-10-18)15(19)13-6-4-8-16-13/h2-3,5,7,13,16,18H,4,6,8-11H2,1H3/t13-/m1/s1. The molecule has 1 aliphatic rings. The first-order valence-corrected chi connectivity index (χ1v) is 7.01. The van der Waals surface area contributed by atoms with Crippen LogP contribution in [0.4, 0.5) is 0 Å². The van der Waals surface area contributed by atoms with Gasteiger partial charge in [-0.15, -0.1) is 0 Å². The zero-order chi connectivity index (χ0) is 14.4. The van der Waals surface area contributed by atoms with Crippen molar-refractivity contribution in [2.75, 3.05) is 26.8 Å². The highest BCUT2D eigenvalue weighted by Crippen LogP contribution is 2.20. The number of hydrogen-bond donors (Lipinski definition) is 2. The summed E-state index contributed by atoms with van der Waals surface area (Å²) in [6.07, 6.45) is 1.89. The quantitative estimate of drug-likeness (QED) is 0.807. The molecule has 0 aromatic heterocycles. The molecule has 0 spiro atoms. The predicted octanol–water partition coefficient (Wildman–Crippen LogP) is 0.768. The van der Waals surface area contributed by atoms with Crippen LogP contribution in [0.15, 0.2) is 24.3 Å². The molecule has 1 heterocycles. The van der Waals surface area contributed by atoms with E-state index in [1.807, 2.05) is 24.3 Å². The maximum atomic E-state index is 12.5. The monoisotopic (exact) mass is 278 g/mol. The second kappa shape index (κ2) is 7.26. The van der Waals surface area contributed by atoms with Crippen LogP contribution in [0.5, 0.6) is 5.75 Å². The molecule has 1 fully saturated rings. The minimum absolute atomic E-state index is 0.0341. The van der Waals surface area contributed by atoms with E-state index in [0.29, 0.717) is 13.1 Å². The smallest absolute Gasteiger partial charge is 0.240 e. The third-order valence-corrected chi connectivity index (χ3v) is 3.59. The third-order valence-electron chi connectivity index (χ3n) is 3.59. The van der Waals surface area contributed by atoms with Gasteiger partial charge in [-0.05, 0) is 25.5 Å². The van der Waals surface area contributed by atoms with E-state index in [4.69, 9.17) is 4.74 Å². The normalized spacial score (nSPS) is 18.0. The fourth-order valence-corrected chi connectivity index (χ4v) is 2.54. The molecule has 0 radical (unpaired) electrons. The number of hydrogen-bond acceptors (Lipinski definition) is 4. The van der Waals surface area contributed by atoms with Crippen molar-refractivity contribution in [1.82, 2.24) is 10.2 Å². The topological polar surface area (TPSA) is 61.8 Å². The number of ether oxygens (including phenoxy) is 1. The van der Waals surface area contributed by atoms with E-state index in [2.05, 4.69) is 5.32 Å². The molecule has 1 amide bonds. The van der Waals surface area contributed by atoms with Crippen LogP contribution in [0.25, 0.3) is 0 Å². The number of aliphatic hydroxyl groups excluding tert-OH is 1. The summed E-state index contributed by atoms with van der Waals surface area (Å²) >= 11 is 0. The molecule has 2 rings (SSSR count). The van der Waals surface area contributed by atoms with Crippen molar-refractivity contribution in [2.45, 2.75) is 25.4 Å². The van der Waals surface area contributed by atoms with E-state index >= 15 is 0 Å². The number of methoxy groups -OCH3 is 1. The Hall–Kier alpha value is -1.59. The molecule has 5 heteroatoms. The molecular weight excluding hydrogens is 256 g/mol. The Balaban J connectivity index is 2.10. The molecule has 0 bridgehead atoms. The van der Waals surface area contributed by atoms with Gasteiger partial charge in [0, 0.05) is 18.7 Å². The first-order chi connectivity index (χ1) is 9.76. The average Bonchev–Trinajstić information content (AvgIpc) is 3.01. The highest BCUT2D eigenvalue weighted by Gasteiger charge is 2.27. The first kappa shape index (κ1) is 14.8. The molecule has 1 atom stereocenters. The van der Waals surface area contributed by atoms with E-state index in [9.17, 15) is 9.90 Å². The molecule has 1 aromatic rings. The van der Waals surface area contributed by atoms with Crippen LogP contribution in [0.1, 0.15) is 18.4 Å². The van der Waals surface area contributed by atoms with Gasteiger partial charge in [0.15, 0.2) is 0 Å². The summed E-state index contributed by atoms with van der Waals surface area (Å²) in [5.74, 6) is 0.824. The van der Waals surface area contributed by atoms with E-state index < -0.39 is 0 Å². The van der Waals surface area contributed by atoms with Gasteiger partial charge >= 0.3 is 0 Å². The lowest BCUT2D eigenvalue weighted by Crippen LogP contribution is -2.44. The number of nitrogens with zero attached hydrogens (tertiary/aromatic N) is 1. The summed E-state index contributed by atoms with van der Waals surface area (Å²) in [6, 6.07) is 7.53. The fourth-order valence-electron chi connectivity index (χ4n) is 2.54. The summed E-state index contributed by atoms with van der Waals surface area (Å²) < 4.78 is 5.31. The van der Waals surface area contributed by atoms with Gasteiger partial charge < -0.3 is 20.1 Å². The van der Waals surface area contributed by atoms with Crippen LogP contribution < -0.4 is 10.1 Å². The lowest BCUT2D eigenvalue weighted by atomic mass is 10.1. The van der Waals surface area contributed by atoms with Crippen LogP contribution in [-0.4, -0.2) is 48.8 Å². The number of amides is 1. The number of para-hydroxylation sites is 1. The van der Waals surface area contributed by atoms with Gasteiger partial charge in [0.2, 0.25) is 5.91 Å². The molecule has 0 saturated carbocycles. The first-order valence-electron chi connectivity index (χ1n) is 7.01. The molecule has 1 saturated heterocycles. The van der Waals surface area contributed by atoms with Gasteiger partial charge in [0.25, 0.3) is 0 Å². The zero-order valence-corrected chi connectivity index (χ0v) is 11.8. The summed E-state index contributed by atoms with van der Waals surface area (Å²) in [6.45, 7) is 1.66. The number of carbonyl (C=O) groups is 1. The van der Waals surface area contributed by atoms with Crippen molar-refractivity contribution in [2.24, 2.45) is 0 Å². The Morgan fingerprint density at radius 1 is 1.50 bits per heavy atom. The fraction of sp³-hybridized carbons (Fsp3) is 0.533. The molecular formula is C15H22N2O3. The maximum absolute atomic E-state index is 12.5. The average molecular weight is 278 g/mol. The summed E-state index contributed by atoms with van der Waals surface area (Å²) in [7, 11) is 1.62. The lowest BCUT2D eigenvalue weighted by molar-refractivity contribution is -0.134. The van der Waals surface area contributed by atoms with E-state index in [1.165, 1.54) is 0 Å². The van der Waals surface area contributed by atoms with Crippen molar-refractivity contribution >= 4 is 5.91 Å². The van der Waals surface area contributed by atoms with Gasteiger partial charge in [-0.1, -0.05) is 18.2 Å². The minimum atomic E-state index is -0.115. The van der Waals surface area contributed by atoms with Gasteiger partial charge in [0.05, 0.1) is 19.8 Å². The van der Waals surface area contributed by atoms with Crippen LogP contribution in [0.3, 0.4) is 0 Å². The number of nitrogens with one attached hydrogen (secondary N) is 1. The SMILES string of the molecule is COc1ccccc1CN(CCO)C(=O)[C@H]1CCCN1. The molecule has 0 aliphatic carbocycles. The predicted molar refractivity (Wildman–Crippen MR) is 76.5 cm³/mol. The Morgan fingerprint density at radius 3 is 2.95 bits per heavy atom. The minimum Gasteiger partial charge on any atom is -0.496 e. The van der Waals surface area contributed by atoms with Crippen molar-refractivity contribution in [3.05, 3.63) is 29.8 Å². The van der Waals surface area contributed by atoms with Gasteiger partial charge in [-0.25, -0.2) is 0 Å². The summed E-state index contributed by atoms with van der Waals surface area (Å²) in [5, 5.41) is 12.4. The van der Waals surface area contributed by atoms with Crippen molar-refractivity contribution in [1.29, 1.82) is 0 Å². The molecule has 0 unspecified atom stereocenters. The van der Waals surface area contributed by atoms with Crippen molar-refractivity contribution in [3.63, 3.8) is 0 Å². The largest absolute Gasteiger partial charge is 0.496 e. The number of benzene rings is 1. The van der Waals surface area contributed by atoms with Gasteiger partial charge in [-0.3, -0.25) is 4.79 Å². The van der Waals surface area contributed by atoms with E-state index in [-0.39, 0.29) is 18.6 Å². The molecule has 110 valence electrons. The van der Waals surface area contributed by atoms with Crippen molar-refractivity contribution < 1.29 is 14.6 Å². The van der Waals surface area contributed by atoms with Gasteiger partial charge in [0.1, 0.15) is 5.75 Å². The highest BCUT2D eigenvalue weighted by atomic mass is 16.5. The second-order valence-electron chi connectivity index (χ2n) is 4.94. The van der Waals surface area contributed by atoms with Crippen LogP contribution >= 0.6 is 0 Å². The molecule has 20 heavy (non-hydrogen) atoms. The summed E-state index contributed by atoms with van der Waals surface area (Å²) in [4.78, 5) is 14.1. The zero-order valence-electron chi connectivity index (χ0n) is 11.8. The highest BCUT2D eigenvalue weighted by molar-refractivity contribution is 5.82. The number of rotatable bonds is 6. The van der Waals surface area contributed by atoms with Gasteiger partial charge in [-0.2, -0.15) is 0 Å². The molecule has 5 nitrogen and oxygen atoms in total. The van der Waals surface area contributed by atoms with Crippen LogP contribution in [0, 0.1) is 0 Å². The van der Waals surface area contributed by atoms with Crippen molar-refractivity contribution in [3.8, 4) is 5.75 Å².